The van der Waals surface area contributed by atoms with Crippen molar-refractivity contribution >= 4 is 11.6 Å². The van der Waals surface area contributed by atoms with Gasteiger partial charge in [-0.3, -0.25) is 0 Å². The third-order valence-corrected chi connectivity index (χ3v) is 3.18. The van der Waals surface area contributed by atoms with Gasteiger partial charge in [-0.05, 0) is 31.0 Å². The first-order valence-electron chi connectivity index (χ1n) is 5.88. The molecule has 0 radical (unpaired) electrons. The molecule has 1 aliphatic rings. The standard InChI is InChI=1S/C13H16ClFO2/c14-9-10-8-11(15)3-4-13(10)17-7-5-12-2-1-6-16-12/h3-4,8,12H,1-2,5-7,9H2. The second kappa shape index (κ2) is 6.22. The van der Waals surface area contributed by atoms with Gasteiger partial charge < -0.3 is 9.47 Å². The molecule has 0 bridgehead atoms. The lowest BCUT2D eigenvalue weighted by molar-refractivity contribution is 0.0902. The molecular formula is C13H16ClFO2. The second-order valence-electron chi connectivity index (χ2n) is 4.16. The summed E-state index contributed by atoms with van der Waals surface area (Å²) >= 11 is 5.74. The second-order valence-corrected chi connectivity index (χ2v) is 4.43. The van der Waals surface area contributed by atoms with Gasteiger partial charge in [0.05, 0.1) is 18.6 Å². The first-order chi connectivity index (χ1) is 8.29. The average molecular weight is 259 g/mol. The van der Waals surface area contributed by atoms with Crippen molar-refractivity contribution in [3.8, 4) is 5.75 Å². The molecule has 0 aliphatic carbocycles. The molecule has 1 atom stereocenters. The van der Waals surface area contributed by atoms with Crippen LogP contribution in [0, 0.1) is 5.82 Å². The molecule has 0 spiro atoms. The van der Waals surface area contributed by atoms with Crippen LogP contribution in [0.4, 0.5) is 4.39 Å². The fraction of sp³-hybridized carbons (Fsp3) is 0.538. The fourth-order valence-corrected chi connectivity index (χ4v) is 2.17. The summed E-state index contributed by atoms with van der Waals surface area (Å²) in [6.07, 6.45) is 3.43. The van der Waals surface area contributed by atoms with E-state index in [0.717, 1.165) is 25.9 Å². The molecule has 0 saturated carbocycles. The molecule has 2 rings (SSSR count). The quantitative estimate of drug-likeness (QED) is 0.753. The molecule has 0 N–H and O–H groups in total. The Morgan fingerprint density at radius 3 is 3.06 bits per heavy atom. The van der Waals surface area contributed by atoms with E-state index in [2.05, 4.69) is 0 Å². The van der Waals surface area contributed by atoms with E-state index in [-0.39, 0.29) is 11.7 Å². The summed E-state index contributed by atoms with van der Waals surface area (Å²) in [5.74, 6) is 0.638. The molecule has 1 fully saturated rings. The van der Waals surface area contributed by atoms with Crippen molar-refractivity contribution in [2.45, 2.75) is 31.2 Å². The molecule has 2 nitrogen and oxygen atoms in total. The monoisotopic (exact) mass is 258 g/mol. The summed E-state index contributed by atoms with van der Waals surface area (Å²) in [4.78, 5) is 0. The number of halogens is 2. The minimum atomic E-state index is -0.285. The van der Waals surface area contributed by atoms with E-state index < -0.39 is 0 Å². The van der Waals surface area contributed by atoms with Gasteiger partial charge >= 0.3 is 0 Å². The first-order valence-corrected chi connectivity index (χ1v) is 6.42. The molecule has 4 heteroatoms. The van der Waals surface area contributed by atoms with Gasteiger partial charge in [-0.1, -0.05) is 0 Å². The number of hydrogen-bond donors (Lipinski definition) is 0. The summed E-state index contributed by atoms with van der Waals surface area (Å²) < 4.78 is 24.1. The van der Waals surface area contributed by atoms with Crippen LogP contribution in [0.15, 0.2) is 18.2 Å². The van der Waals surface area contributed by atoms with Gasteiger partial charge in [-0.15, -0.1) is 11.6 Å². The van der Waals surface area contributed by atoms with Crippen LogP contribution in [-0.2, 0) is 10.6 Å². The highest BCUT2D eigenvalue weighted by Gasteiger charge is 2.15. The number of ether oxygens (including phenoxy) is 2. The van der Waals surface area contributed by atoms with E-state index in [1.807, 2.05) is 0 Å². The fourth-order valence-electron chi connectivity index (χ4n) is 1.97. The van der Waals surface area contributed by atoms with Gasteiger partial charge in [0.25, 0.3) is 0 Å². The van der Waals surface area contributed by atoms with Crippen molar-refractivity contribution in [1.82, 2.24) is 0 Å². The maximum Gasteiger partial charge on any atom is 0.123 e. The molecule has 0 amide bonds. The lowest BCUT2D eigenvalue weighted by Gasteiger charge is -2.12. The highest BCUT2D eigenvalue weighted by Crippen LogP contribution is 2.22. The molecule has 17 heavy (non-hydrogen) atoms. The summed E-state index contributed by atoms with van der Waals surface area (Å²) in [7, 11) is 0. The number of benzene rings is 1. The summed E-state index contributed by atoms with van der Waals surface area (Å²) in [6.45, 7) is 1.44. The van der Waals surface area contributed by atoms with Gasteiger partial charge in [0.1, 0.15) is 11.6 Å². The van der Waals surface area contributed by atoms with Gasteiger partial charge in [0.15, 0.2) is 0 Å². The topological polar surface area (TPSA) is 18.5 Å². The number of rotatable bonds is 5. The van der Waals surface area contributed by atoms with Crippen molar-refractivity contribution in [3.63, 3.8) is 0 Å². The van der Waals surface area contributed by atoms with E-state index in [0.29, 0.717) is 24.0 Å². The maximum absolute atomic E-state index is 13.0. The minimum absolute atomic E-state index is 0.257. The zero-order valence-electron chi connectivity index (χ0n) is 9.62. The first kappa shape index (κ1) is 12.7. The summed E-state index contributed by atoms with van der Waals surface area (Å²) in [5.41, 5.74) is 0.694. The van der Waals surface area contributed by atoms with Crippen molar-refractivity contribution in [2.24, 2.45) is 0 Å². The van der Waals surface area contributed by atoms with Crippen LogP contribution in [0.5, 0.6) is 5.75 Å². The van der Waals surface area contributed by atoms with Crippen molar-refractivity contribution < 1.29 is 13.9 Å². The Morgan fingerprint density at radius 1 is 1.47 bits per heavy atom. The van der Waals surface area contributed by atoms with Crippen LogP contribution in [0.3, 0.4) is 0 Å². The van der Waals surface area contributed by atoms with Crippen LogP contribution in [0.25, 0.3) is 0 Å². The Bertz CT molecular complexity index is 364. The van der Waals surface area contributed by atoms with Crippen molar-refractivity contribution in [2.75, 3.05) is 13.2 Å². The van der Waals surface area contributed by atoms with Crippen LogP contribution >= 0.6 is 11.6 Å². The van der Waals surface area contributed by atoms with E-state index >= 15 is 0 Å². The highest BCUT2D eigenvalue weighted by molar-refractivity contribution is 6.17. The average Bonchev–Trinajstić information content (AvgIpc) is 2.84. The Hall–Kier alpha value is -0.800. The van der Waals surface area contributed by atoms with Crippen LogP contribution in [0.1, 0.15) is 24.8 Å². The normalized spacial score (nSPS) is 19.5. The van der Waals surface area contributed by atoms with Crippen molar-refractivity contribution in [1.29, 1.82) is 0 Å². The molecule has 0 aromatic heterocycles. The highest BCUT2D eigenvalue weighted by atomic mass is 35.5. The number of alkyl halides is 1. The molecule has 1 aromatic rings. The Morgan fingerprint density at radius 2 is 2.35 bits per heavy atom. The lowest BCUT2D eigenvalue weighted by Crippen LogP contribution is -2.11. The molecule has 94 valence electrons. The summed E-state index contributed by atoms with van der Waals surface area (Å²) in [5, 5.41) is 0. The molecule has 1 saturated heterocycles. The molecule has 1 aromatic carbocycles. The van der Waals surface area contributed by atoms with Gasteiger partial charge in [0, 0.05) is 18.6 Å². The Kier molecular flexibility index (Phi) is 4.63. The zero-order chi connectivity index (χ0) is 12.1. The molecule has 1 unspecified atom stereocenters. The van der Waals surface area contributed by atoms with E-state index in [9.17, 15) is 4.39 Å². The van der Waals surface area contributed by atoms with Crippen molar-refractivity contribution in [3.05, 3.63) is 29.6 Å². The van der Waals surface area contributed by atoms with Gasteiger partial charge in [0.2, 0.25) is 0 Å². The predicted molar refractivity (Wildman–Crippen MR) is 65.0 cm³/mol. The summed E-state index contributed by atoms with van der Waals surface area (Å²) in [6, 6.07) is 4.43. The number of hydrogen-bond acceptors (Lipinski definition) is 2. The molecule has 1 heterocycles. The van der Waals surface area contributed by atoms with E-state index in [4.69, 9.17) is 21.1 Å². The zero-order valence-corrected chi connectivity index (χ0v) is 10.4. The van der Waals surface area contributed by atoms with Gasteiger partial charge in [-0.25, -0.2) is 4.39 Å². The van der Waals surface area contributed by atoms with Crippen LogP contribution < -0.4 is 4.74 Å². The van der Waals surface area contributed by atoms with E-state index in [1.54, 1.807) is 6.07 Å². The third-order valence-electron chi connectivity index (χ3n) is 2.89. The largest absolute Gasteiger partial charge is 0.493 e. The Balaban J connectivity index is 1.85. The van der Waals surface area contributed by atoms with Crippen LogP contribution in [-0.4, -0.2) is 19.3 Å². The van der Waals surface area contributed by atoms with Crippen LogP contribution in [0.2, 0.25) is 0 Å². The minimum Gasteiger partial charge on any atom is -0.493 e. The third kappa shape index (κ3) is 3.58. The maximum atomic E-state index is 13.0. The molecular weight excluding hydrogens is 243 g/mol. The predicted octanol–water partition coefficient (Wildman–Crippen LogP) is 3.51. The smallest absolute Gasteiger partial charge is 0.123 e. The molecule has 1 aliphatic heterocycles. The lowest BCUT2D eigenvalue weighted by atomic mass is 10.2. The SMILES string of the molecule is Fc1ccc(OCCC2CCCO2)c(CCl)c1. The van der Waals surface area contributed by atoms with Gasteiger partial charge in [-0.2, -0.15) is 0 Å². The van der Waals surface area contributed by atoms with E-state index in [1.165, 1.54) is 12.1 Å². The Labute approximate surface area is 106 Å².